The number of fused-ring (bicyclic) bond motifs is 2. The van der Waals surface area contributed by atoms with Crippen molar-refractivity contribution in [1.82, 2.24) is 29.7 Å². The molecule has 44 heavy (non-hydrogen) atoms. The molecule has 12 heteroatoms. The zero-order valence-corrected chi connectivity index (χ0v) is 26.7. The number of aromatic nitrogens is 4. The molecule has 1 aromatic carbocycles. The minimum atomic E-state index is -0.704. The smallest absolute Gasteiger partial charge is 0.244 e. The monoisotopic (exact) mass is 678 g/mol. The lowest BCUT2D eigenvalue weighted by atomic mass is 9.95. The lowest BCUT2D eigenvalue weighted by Crippen LogP contribution is -2.61. The van der Waals surface area contributed by atoms with Crippen molar-refractivity contribution >= 4 is 39.3 Å². The molecule has 0 radical (unpaired) electrons. The fraction of sp³-hybridized carbons (Fsp3) is 0.344. The van der Waals surface area contributed by atoms with Gasteiger partial charge in [-0.3, -0.25) is 24.7 Å². The highest BCUT2D eigenvalue weighted by Gasteiger charge is 2.40. The van der Waals surface area contributed by atoms with E-state index < -0.39 is 6.04 Å². The van der Waals surface area contributed by atoms with Crippen molar-refractivity contribution in [2.45, 2.75) is 44.8 Å². The highest BCUT2D eigenvalue weighted by atomic mass is 79.9. The molecular formula is C32H34BrClN7O3+. The zero-order chi connectivity index (χ0) is 30.8. The van der Waals surface area contributed by atoms with E-state index >= 15 is 0 Å². The first kappa shape index (κ1) is 30.2. The average molecular weight is 680 g/mol. The number of hydrogen-bond acceptors (Lipinski definition) is 6. The number of nitrogens with zero attached hydrogens (tertiary/aromatic N) is 6. The summed E-state index contributed by atoms with van der Waals surface area (Å²) in [6, 6.07) is 10.6. The fourth-order valence-corrected chi connectivity index (χ4v) is 6.82. The molecule has 2 atom stereocenters. The quantitative estimate of drug-likeness (QED) is 0.230. The van der Waals surface area contributed by atoms with E-state index in [-0.39, 0.29) is 24.3 Å². The van der Waals surface area contributed by atoms with Gasteiger partial charge in [-0.15, -0.1) is 0 Å². The van der Waals surface area contributed by atoms with Crippen molar-refractivity contribution in [2.75, 3.05) is 26.2 Å². The van der Waals surface area contributed by atoms with Crippen molar-refractivity contribution in [3.8, 4) is 0 Å². The molecular weight excluding hydrogens is 646 g/mol. The molecule has 1 aliphatic carbocycles. The molecule has 10 nitrogen and oxygen atoms in total. The SMILES string of the molecule is Cc1nccn1CCNC(=O)[C@H]1CN(C2c3ccc(Cl)cc3CCc3cc(Br)cnc32)CCN1C(=O)Cc1cc[n+](O)cc1. The second-order valence-corrected chi connectivity index (χ2v) is 12.6. The van der Waals surface area contributed by atoms with Gasteiger partial charge in [0.2, 0.25) is 24.2 Å². The number of aryl methyl sites for hydroxylation is 3. The van der Waals surface area contributed by atoms with Crippen LogP contribution in [-0.4, -0.2) is 73.6 Å². The van der Waals surface area contributed by atoms with E-state index in [0.717, 1.165) is 55.8 Å². The summed E-state index contributed by atoms with van der Waals surface area (Å²) in [5.74, 6) is 0.536. The highest BCUT2D eigenvalue weighted by Crippen LogP contribution is 2.38. The van der Waals surface area contributed by atoms with Gasteiger partial charge in [0.1, 0.15) is 11.9 Å². The van der Waals surface area contributed by atoms with Crippen LogP contribution in [0.2, 0.25) is 5.02 Å². The number of benzene rings is 1. The summed E-state index contributed by atoms with van der Waals surface area (Å²) in [6.45, 7) is 4.21. The maximum Gasteiger partial charge on any atom is 0.244 e. The molecule has 2 amide bonds. The summed E-state index contributed by atoms with van der Waals surface area (Å²) in [7, 11) is 0. The fourth-order valence-electron chi connectivity index (χ4n) is 6.24. The number of hydrogen-bond donors (Lipinski definition) is 2. The minimum absolute atomic E-state index is 0.127. The molecule has 6 rings (SSSR count). The van der Waals surface area contributed by atoms with E-state index in [1.165, 1.54) is 12.4 Å². The number of nitrogens with one attached hydrogen (secondary N) is 1. The van der Waals surface area contributed by atoms with E-state index in [1.807, 2.05) is 36.0 Å². The van der Waals surface area contributed by atoms with Crippen LogP contribution < -0.4 is 10.0 Å². The first-order chi connectivity index (χ1) is 21.3. The van der Waals surface area contributed by atoms with Crippen LogP contribution in [-0.2, 0) is 35.4 Å². The molecule has 2 N–H and O–H groups in total. The number of piperazine rings is 1. The van der Waals surface area contributed by atoms with Crippen LogP contribution in [0.4, 0.5) is 0 Å². The molecule has 4 aromatic rings. The van der Waals surface area contributed by atoms with Crippen LogP contribution in [0.25, 0.3) is 0 Å². The summed E-state index contributed by atoms with van der Waals surface area (Å²) in [5.41, 5.74) is 5.16. The Morgan fingerprint density at radius 1 is 1.11 bits per heavy atom. The zero-order valence-electron chi connectivity index (χ0n) is 24.4. The first-order valence-corrected chi connectivity index (χ1v) is 15.8. The number of pyridine rings is 2. The Bertz CT molecular complexity index is 1630. The van der Waals surface area contributed by atoms with Gasteiger partial charge in [-0.25, -0.2) is 4.98 Å². The normalized spacial score (nSPS) is 18.3. The van der Waals surface area contributed by atoms with E-state index in [4.69, 9.17) is 16.6 Å². The van der Waals surface area contributed by atoms with Crippen molar-refractivity contribution in [3.05, 3.63) is 111 Å². The molecule has 0 bridgehead atoms. The summed E-state index contributed by atoms with van der Waals surface area (Å²) in [5, 5.41) is 13.4. The Balaban J connectivity index is 1.30. The maximum absolute atomic E-state index is 13.9. The number of halogens is 2. The van der Waals surface area contributed by atoms with Crippen LogP contribution >= 0.6 is 27.5 Å². The molecule has 0 spiro atoms. The summed E-state index contributed by atoms with van der Waals surface area (Å²) < 4.78 is 3.84. The third-order valence-corrected chi connectivity index (χ3v) is 9.17. The molecule has 2 aliphatic rings. The van der Waals surface area contributed by atoms with Gasteiger partial charge in [0.25, 0.3) is 0 Å². The Kier molecular flexibility index (Phi) is 8.97. The number of amides is 2. The van der Waals surface area contributed by atoms with Gasteiger partial charge >= 0.3 is 0 Å². The van der Waals surface area contributed by atoms with Gasteiger partial charge in [-0.1, -0.05) is 17.7 Å². The predicted octanol–water partition coefficient (Wildman–Crippen LogP) is 3.29. The van der Waals surface area contributed by atoms with Gasteiger partial charge in [-0.05, 0) is 76.1 Å². The van der Waals surface area contributed by atoms with E-state index in [2.05, 4.69) is 43.3 Å². The molecule has 4 heterocycles. The van der Waals surface area contributed by atoms with Crippen LogP contribution in [0.15, 0.2) is 71.9 Å². The van der Waals surface area contributed by atoms with Gasteiger partial charge < -0.3 is 14.8 Å². The first-order valence-electron chi connectivity index (χ1n) is 14.7. The third kappa shape index (κ3) is 6.50. The maximum atomic E-state index is 13.9. The van der Waals surface area contributed by atoms with E-state index in [9.17, 15) is 14.8 Å². The Morgan fingerprint density at radius 3 is 2.68 bits per heavy atom. The minimum Gasteiger partial charge on any atom is -0.352 e. The van der Waals surface area contributed by atoms with Crippen LogP contribution in [0.5, 0.6) is 0 Å². The molecule has 1 aliphatic heterocycles. The van der Waals surface area contributed by atoms with Crippen molar-refractivity contribution in [1.29, 1.82) is 0 Å². The highest BCUT2D eigenvalue weighted by molar-refractivity contribution is 9.10. The van der Waals surface area contributed by atoms with Crippen molar-refractivity contribution in [3.63, 3.8) is 0 Å². The molecule has 1 saturated heterocycles. The summed E-state index contributed by atoms with van der Waals surface area (Å²) in [6.07, 6.45) is 10.2. The summed E-state index contributed by atoms with van der Waals surface area (Å²) in [4.78, 5) is 40.7. The topological polar surface area (TPSA) is 107 Å². The number of imidazole rings is 1. The predicted molar refractivity (Wildman–Crippen MR) is 167 cm³/mol. The number of rotatable bonds is 7. The van der Waals surface area contributed by atoms with Crippen molar-refractivity contribution in [2.24, 2.45) is 0 Å². The van der Waals surface area contributed by atoms with Gasteiger partial charge in [-0.2, -0.15) is 0 Å². The third-order valence-electron chi connectivity index (χ3n) is 8.50. The number of carbonyl (C=O) groups is 2. The second kappa shape index (κ2) is 13.1. The standard InChI is InChI=1S/C32H33BrClN7O3/c1-21-35-8-12-38(21)13-9-36-32(43)28-20-39(14-15-41(28)29(42)16-22-6-10-40(44)11-7-22)31-27-5-4-26(34)18-23(27)2-3-24-17-25(33)19-37-30(24)31/h4-8,10-12,17-19,28,31H,2-3,9,13-16,20H2,1H3,(H-,36,43,44)/p+1/t28-,31?/m1/s1. The second-order valence-electron chi connectivity index (χ2n) is 11.3. The average Bonchev–Trinajstić information content (AvgIpc) is 3.35. The molecule has 3 aromatic heterocycles. The Labute approximate surface area is 269 Å². The van der Waals surface area contributed by atoms with Gasteiger partial charge in [0.05, 0.1) is 18.2 Å². The number of carbonyl (C=O) groups excluding carboxylic acids is 2. The van der Waals surface area contributed by atoms with E-state index in [0.29, 0.717) is 37.7 Å². The lowest BCUT2D eigenvalue weighted by Gasteiger charge is -2.44. The van der Waals surface area contributed by atoms with E-state index in [1.54, 1.807) is 23.2 Å². The summed E-state index contributed by atoms with van der Waals surface area (Å²) >= 11 is 10.0. The Morgan fingerprint density at radius 2 is 1.91 bits per heavy atom. The van der Waals surface area contributed by atoms with Crippen LogP contribution in [0, 0.1) is 6.92 Å². The van der Waals surface area contributed by atoms with Gasteiger partial charge in [0, 0.05) is 77.7 Å². The van der Waals surface area contributed by atoms with Crippen LogP contribution in [0.1, 0.15) is 39.8 Å². The Hall–Kier alpha value is -3.80. The lowest BCUT2D eigenvalue weighted by molar-refractivity contribution is -0.904. The molecule has 228 valence electrons. The largest absolute Gasteiger partial charge is 0.352 e. The van der Waals surface area contributed by atoms with Crippen molar-refractivity contribution < 1.29 is 19.5 Å². The van der Waals surface area contributed by atoms with Crippen LogP contribution in [0.3, 0.4) is 0 Å². The molecule has 1 unspecified atom stereocenters. The molecule has 1 fully saturated rings. The molecule has 0 saturated carbocycles. The van der Waals surface area contributed by atoms with Gasteiger partial charge in [0.15, 0.2) is 0 Å².